The van der Waals surface area contributed by atoms with Crippen LogP contribution in [-0.4, -0.2) is 38.2 Å². The van der Waals surface area contributed by atoms with E-state index in [0.29, 0.717) is 29.6 Å². The highest BCUT2D eigenvalue weighted by Crippen LogP contribution is 2.27. The molecule has 0 unspecified atom stereocenters. The van der Waals surface area contributed by atoms with Crippen LogP contribution in [0.3, 0.4) is 0 Å². The van der Waals surface area contributed by atoms with Crippen molar-refractivity contribution in [2.24, 2.45) is 0 Å². The summed E-state index contributed by atoms with van der Waals surface area (Å²) in [5, 5.41) is 6.15. The minimum atomic E-state index is -0.251. The van der Waals surface area contributed by atoms with Crippen LogP contribution in [0.15, 0.2) is 28.9 Å². The highest BCUT2D eigenvalue weighted by molar-refractivity contribution is 5.91. The predicted molar refractivity (Wildman–Crippen MR) is 92.1 cm³/mol. The summed E-state index contributed by atoms with van der Waals surface area (Å²) >= 11 is 0. The number of nitrogens with zero attached hydrogens (tertiary/aromatic N) is 1. The lowest BCUT2D eigenvalue weighted by Crippen LogP contribution is -2.27. The number of benzene rings is 1. The molecule has 2 N–H and O–H groups in total. The maximum atomic E-state index is 12.3. The van der Waals surface area contributed by atoms with E-state index in [4.69, 9.17) is 13.9 Å². The largest absolute Gasteiger partial charge is 0.493 e. The van der Waals surface area contributed by atoms with Gasteiger partial charge in [-0.3, -0.25) is 4.79 Å². The number of carbonyl (C=O) groups is 1. The van der Waals surface area contributed by atoms with Crippen LogP contribution in [0.1, 0.15) is 40.7 Å². The normalized spacial score (nSPS) is 15.0. The van der Waals surface area contributed by atoms with Crippen molar-refractivity contribution in [2.75, 3.05) is 27.3 Å². The molecule has 0 saturated carbocycles. The molecule has 25 heavy (non-hydrogen) atoms. The zero-order valence-corrected chi connectivity index (χ0v) is 14.5. The zero-order valence-electron chi connectivity index (χ0n) is 14.5. The molecule has 1 aromatic heterocycles. The number of methoxy groups -OCH3 is 2. The predicted octanol–water partition coefficient (Wildman–Crippen LogP) is 2.09. The first-order valence-corrected chi connectivity index (χ1v) is 8.36. The molecule has 2 aromatic rings. The number of oxazole rings is 1. The third-order valence-corrected chi connectivity index (χ3v) is 4.34. The van der Waals surface area contributed by atoms with Crippen molar-refractivity contribution in [3.8, 4) is 11.5 Å². The second-order valence-electron chi connectivity index (χ2n) is 5.97. The standard InChI is InChI=1S/C18H23N3O4/c1-23-15-4-3-12(9-16(15)24-2)10-20-17(22)14-11-25-18(21-14)13-5-7-19-8-6-13/h3-4,9,11,13,19H,5-8,10H2,1-2H3,(H,20,22). The monoisotopic (exact) mass is 345 g/mol. The van der Waals surface area contributed by atoms with E-state index in [1.54, 1.807) is 14.2 Å². The molecule has 1 amide bonds. The lowest BCUT2D eigenvalue weighted by Gasteiger charge is -2.19. The molecule has 1 fully saturated rings. The quantitative estimate of drug-likeness (QED) is 0.834. The first-order valence-electron chi connectivity index (χ1n) is 8.36. The van der Waals surface area contributed by atoms with E-state index in [1.165, 1.54) is 6.26 Å². The number of ether oxygens (including phenoxy) is 2. The molecule has 134 valence electrons. The third-order valence-electron chi connectivity index (χ3n) is 4.34. The summed E-state index contributed by atoms with van der Waals surface area (Å²) in [6, 6.07) is 5.53. The molecule has 7 nitrogen and oxygen atoms in total. The summed E-state index contributed by atoms with van der Waals surface area (Å²) in [5.74, 6) is 1.97. The van der Waals surface area contributed by atoms with Gasteiger partial charge in [-0.25, -0.2) is 4.98 Å². The fourth-order valence-electron chi connectivity index (χ4n) is 2.91. The molecule has 0 spiro atoms. The van der Waals surface area contributed by atoms with E-state index in [2.05, 4.69) is 15.6 Å². The van der Waals surface area contributed by atoms with Gasteiger partial charge in [0.25, 0.3) is 5.91 Å². The molecule has 0 aliphatic carbocycles. The first kappa shape index (κ1) is 17.3. The van der Waals surface area contributed by atoms with E-state index in [9.17, 15) is 4.79 Å². The van der Waals surface area contributed by atoms with Crippen molar-refractivity contribution in [2.45, 2.75) is 25.3 Å². The maximum Gasteiger partial charge on any atom is 0.273 e. The number of hydrogen-bond donors (Lipinski definition) is 2. The molecule has 1 saturated heterocycles. The van der Waals surface area contributed by atoms with Crippen LogP contribution in [0.25, 0.3) is 0 Å². The van der Waals surface area contributed by atoms with E-state index in [1.807, 2.05) is 18.2 Å². The number of piperidine rings is 1. The molecular formula is C18H23N3O4. The lowest BCUT2D eigenvalue weighted by atomic mass is 9.98. The minimum absolute atomic E-state index is 0.251. The lowest BCUT2D eigenvalue weighted by molar-refractivity contribution is 0.0946. The van der Waals surface area contributed by atoms with Crippen molar-refractivity contribution < 1.29 is 18.7 Å². The fraction of sp³-hybridized carbons (Fsp3) is 0.444. The Balaban J connectivity index is 1.60. The highest BCUT2D eigenvalue weighted by Gasteiger charge is 2.21. The molecule has 0 bridgehead atoms. The minimum Gasteiger partial charge on any atom is -0.493 e. The van der Waals surface area contributed by atoms with Crippen LogP contribution >= 0.6 is 0 Å². The maximum absolute atomic E-state index is 12.3. The van der Waals surface area contributed by atoms with Crippen molar-refractivity contribution >= 4 is 5.91 Å². The Morgan fingerprint density at radius 3 is 2.76 bits per heavy atom. The van der Waals surface area contributed by atoms with Crippen molar-refractivity contribution in [3.05, 3.63) is 41.6 Å². The molecule has 3 rings (SSSR count). The van der Waals surface area contributed by atoms with Gasteiger partial charge in [-0.05, 0) is 43.6 Å². The van der Waals surface area contributed by atoms with E-state index < -0.39 is 0 Å². The summed E-state index contributed by atoms with van der Waals surface area (Å²) in [6.07, 6.45) is 3.39. The van der Waals surface area contributed by atoms with Gasteiger partial charge >= 0.3 is 0 Å². The highest BCUT2D eigenvalue weighted by atomic mass is 16.5. The number of rotatable bonds is 6. The Bertz CT molecular complexity index is 723. The van der Waals surface area contributed by atoms with Gasteiger partial charge in [0.2, 0.25) is 0 Å². The Labute approximate surface area is 146 Å². The molecule has 1 aliphatic heterocycles. The smallest absolute Gasteiger partial charge is 0.273 e. The zero-order chi connectivity index (χ0) is 17.6. The SMILES string of the molecule is COc1ccc(CNC(=O)c2coc(C3CCNCC3)n2)cc1OC. The van der Waals surface area contributed by atoms with Gasteiger partial charge in [0.15, 0.2) is 23.1 Å². The molecule has 2 heterocycles. The van der Waals surface area contributed by atoms with Gasteiger partial charge in [-0.2, -0.15) is 0 Å². The molecule has 0 atom stereocenters. The molecule has 1 aliphatic rings. The van der Waals surface area contributed by atoms with E-state index in [-0.39, 0.29) is 11.8 Å². The average Bonchev–Trinajstić information content (AvgIpc) is 3.17. The second kappa shape index (κ2) is 8.02. The number of hydrogen-bond acceptors (Lipinski definition) is 6. The van der Waals surface area contributed by atoms with Gasteiger partial charge in [0.05, 0.1) is 14.2 Å². The van der Waals surface area contributed by atoms with Gasteiger partial charge in [-0.15, -0.1) is 0 Å². The number of amides is 1. The summed E-state index contributed by atoms with van der Waals surface area (Å²) in [4.78, 5) is 16.6. The van der Waals surface area contributed by atoms with Crippen molar-refractivity contribution in [1.82, 2.24) is 15.6 Å². The number of aromatic nitrogens is 1. The van der Waals surface area contributed by atoms with Gasteiger partial charge < -0.3 is 24.5 Å². The van der Waals surface area contributed by atoms with Crippen LogP contribution in [0.5, 0.6) is 11.5 Å². The second-order valence-corrected chi connectivity index (χ2v) is 5.97. The molecule has 0 radical (unpaired) electrons. The Hall–Kier alpha value is -2.54. The van der Waals surface area contributed by atoms with E-state index >= 15 is 0 Å². The topological polar surface area (TPSA) is 85.6 Å². The summed E-state index contributed by atoms with van der Waals surface area (Å²) in [5.41, 5.74) is 1.22. The fourth-order valence-corrected chi connectivity index (χ4v) is 2.91. The molecule has 7 heteroatoms. The van der Waals surface area contributed by atoms with Crippen molar-refractivity contribution in [1.29, 1.82) is 0 Å². The van der Waals surface area contributed by atoms with E-state index in [0.717, 1.165) is 31.5 Å². The summed E-state index contributed by atoms with van der Waals surface area (Å²) in [6.45, 7) is 2.27. The van der Waals surface area contributed by atoms with Gasteiger partial charge in [0, 0.05) is 12.5 Å². The van der Waals surface area contributed by atoms with Gasteiger partial charge in [-0.1, -0.05) is 6.07 Å². The van der Waals surface area contributed by atoms with Crippen molar-refractivity contribution in [3.63, 3.8) is 0 Å². The summed E-state index contributed by atoms with van der Waals surface area (Å²) < 4.78 is 16.0. The van der Waals surface area contributed by atoms with Crippen LogP contribution < -0.4 is 20.1 Å². The first-order chi connectivity index (χ1) is 12.2. The Kier molecular flexibility index (Phi) is 5.55. The van der Waals surface area contributed by atoms with Crippen LogP contribution in [-0.2, 0) is 6.54 Å². The summed E-state index contributed by atoms with van der Waals surface area (Å²) in [7, 11) is 3.17. The Morgan fingerprint density at radius 1 is 1.28 bits per heavy atom. The molecular weight excluding hydrogens is 322 g/mol. The number of nitrogens with one attached hydrogen (secondary N) is 2. The van der Waals surface area contributed by atoms with Gasteiger partial charge in [0.1, 0.15) is 6.26 Å². The third kappa shape index (κ3) is 4.11. The number of carbonyl (C=O) groups excluding carboxylic acids is 1. The molecule has 1 aromatic carbocycles. The van der Waals surface area contributed by atoms with Crippen LogP contribution in [0.2, 0.25) is 0 Å². The van der Waals surface area contributed by atoms with Crippen LogP contribution in [0.4, 0.5) is 0 Å². The van der Waals surface area contributed by atoms with Crippen LogP contribution in [0, 0.1) is 0 Å². The Morgan fingerprint density at radius 2 is 2.04 bits per heavy atom. The average molecular weight is 345 g/mol.